The van der Waals surface area contributed by atoms with Crippen molar-refractivity contribution in [2.24, 2.45) is 0 Å². The van der Waals surface area contributed by atoms with Crippen LogP contribution in [0.25, 0.3) is 0 Å². The molecule has 28 heavy (non-hydrogen) atoms. The van der Waals surface area contributed by atoms with Crippen LogP contribution in [0.15, 0.2) is 86.2 Å². The number of hydrogen-bond acceptors (Lipinski definition) is 5. The molecule has 2 unspecified atom stereocenters. The number of Topliss-reactive ketones (excluding diaryl/α,β-unsaturated/α-hetero) is 1. The van der Waals surface area contributed by atoms with E-state index in [-0.39, 0.29) is 5.78 Å². The fourth-order valence-corrected chi connectivity index (χ4v) is 3.28. The standard InChI is InChI=1S/C21H20N6O/c28-21(17(13-26-11-9-22-15-26)19-5-1-3-7-24-19)18(14-27-12-10-23-16-27)20-6-2-4-8-25-20/h1-12,15-18H,13-14H2. The van der Waals surface area contributed by atoms with Crippen molar-refractivity contribution >= 4 is 5.78 Å². The highest BCUT2D eigenvalue weighted by Crippen LogP contribution is 2.27. The first-order valence-corrected chi connectivity index (χ1v) is 9.08. The van der Waals surface area contributed by atoms with Crippen LogP contribution in [0.5, 0.6) is 0 Å². The summed E-state index contributed by atoms with van der Waals surface area (Å²) in [6.45, 7) is 0.951. The van der Waals surface area contributed by atoms with E-state index in [4.69, 9.17) is 0 Å². The predicted molar refractivity (Wildman–Crippen MR) is 103 cm³/mol. The lowest BCUT2D eigenvalue weighted by atomic mass is 9.87. The lowest BCUT2D eigenvalue weighted by Crippen LogP contribution is -2.28. The molecular weight excluding hydrogens is 352 g/mol. The summed E-state index contributed by atoms with van der Waals surface area (Å²) >= 11 is 0. The molecule has 4 aromatic rings. The molecule has 0 saturated heterocycles. The molecule has 7 nitrogen and oxygen atoms in total. The van der Waals surface area contributed by atoms with Gasteiger partial charge in [0.15, 0.2) is 5.78 Å². The van der Waals surface area contributed by atoms with E-state index in [0.717, 1.165) is 11.4 Å². The van der Waals surface area contributed by atoms with Crippen molar-refractivity contribution < 1.29 is 4.79 Å². The zero-order valence-electron chi connectivity index (χ0n) is 15.2. The first kappa shape index (κ1) is 17.8. The van der Waals surface area contributed by atoms with E-state index in [1.807, 2.05) is 57.9 Å². The molecule has 4 heterocycles. The molecule has 0 aromatic carbocycles. The number of pyridine rings is 2. The van der Waals surface area contributed by atoms with E-state index in [9.17, 15) is 4.79 Å². The minimum Gasteiger partial charge on any atom is -0.336 e. The quantitative estimate of drug-likeness (QED) is 0.475. The average Bonchev–Trinajstić information content (AvgIpc) is 3.45. The van der Waals surface area contributed by atoms with Gasteiger partial charge in [0.1, 0.15) is 0 Å². The van der Waals surface area contributed by atoms with Crippen molar-refractivity contribution in [1.82, 2.24) is 29.1 Å². The highest BCUT2D eigenvalue weighted by molar-refractivity contribution is 5.91. The number of nitrogens with zero attached hydrogens (tertiary/aromatic N) is 6. The predicted octanol–water partition coefficient (Wildman–Crippen LogP) is 2.71. The Morgan fingerprint density at radius 1 is 0.750 bits per heavy atom. The monoisotopic (exact) mass is 372 g/mol. The molecule has 0 spiro atoms. The van der Waals surface area contributed by atoms with Crippen molar-refractivity contribution in [2.45, 2.75) is 24.9 Å². The molecular formula is C21H20N6O. The second kappa shape index (κ2) is 8.39. The third-order valence-corrected chi connectivity index (χ3v) is 4.68. The van der Waals surface area contributed by atoms with Gasteiger partial charge in [-0.3, -0.25) is 14.8 Å². The molecule has 4 aromatic heterocycles. The number of hydrogen-bond donors (Lipinski definition) is 0. The largest absolute Gasteiger partial charge is 0.336 e. The number of ketones is 1. The van der Waals surface area contributed by atoms with Gasteiger partial charge in [0.25, 0.3) is 0 Å². The van der Waals surface area contributed by atoms with Crippen LogP contribution in [0.1, 0.15) is 23.2 Å². The van der Waals surface area contributed by atoms with Gasteiger partial charge in [-0.2, -0.15) is 0 Å². The first-order chi connectivity index (χ1) is 13.8. The van der Waals surface area contributed by atoms with E-state index in [1.165, 1.54) is 0 Å². The van der Waals surface area contributed by atoms with Crippen molar-refractivity contribution in [3.63, 3.8) is 0 Å². The number of carbonyl (C=O) groups is 1. The number of rotatable bonds is 8. The summed E-state index contributed by atoms with van der Waals surface area (Å²) < 4.78 is 3.81. The van der Waals surface area contributed by atoms with Crippen molar-refractivity contribution in [3.05, 3.63) is 97.6 Å². The third kappa shape index (κ3) is 4.03. The van der Waals surface area contributed by atoms with Crippen molar-refractivity contribution in [2.75, 3.05) is 0 Å². The Balaban J connectivity index is 1.70. The summed E-state index contributed by atoms with van der Waals surface area (Å²) in [6.07, 6.45) is 14.0. The fraction of sp³-hybridized carbons (Fsp3) is 0.190. The van der Waals surface area contributed by atoms with Crippen LogP contribution in [0.4, 0.5) is 0 Å². The maximum Gasteiger partial charge on any atom is 0.154 e. The summed E-state index contributed by atoms with van der Waals surface area (Å²) in [5.74, 6) is -0.753. The number of imidazole rings is 2. The molecule has 0 fully saturated rings. The molecule has 0 radical (unpaired) electrons. The average molecular weight is 372 g/mol. The van der Waals surface area contributed by atoms with Crippen LogP contribution in [0, 0.1) is 0 Å². The van der Waals surface area contributed by atoms with E-state index in [0.29, 0.717) is 13.1 Å². The zero-order chi connectivity index (χ0) is 19.2. The smallest absolute Gasteiger partial charge is 0.154 e. The summed E-state index contributed by atoms with van der Waals surface area (Å²) in [7, 11) is 0. The second-order valence-corrected chi connectivity index (χ2v) is 6.54. The van der Waals surface area contributed by atoms with Crippen LogP contribution in [-0.4, -0.2) is 34.9 Å². The van der Waals surface area contributed by atoms with E-state index < -0.39 is 11.8 Å². The molecule has 140 valence electrons. The topological polar surface area (TPSA) is 78.5 Å². The Labute approximate surface area is 162 Å². The SMILES string of the molecule is O=C(C(Cn1ccnc1)c1ccccn1)C(Cn1ccnc1)c1ccccn1. The normalized spacial score (nSPS) is 13.1. The zero-order valence-corrected chi connectivity index (χ0v) is 15.2. The van der Waals surface area contributed by atoms with Crippen LogP contribution in [-0.2, 0) is 17.9 Å². The van der Waals surface area contributed by atoms with Crippen molar-refractivity contribution in [3.8, 4) is 0 Å². The van der Waals surface area contributed by atoms with Gasteiger partial charge in [-0.05, 0) is 24.3 Å². The molecule has 0 aliphatic carbocycles. The molecule has 0 bridgehead atoms. The Kier molecular flexibility index (Phi) is 5.33. The van der Waals surface area contributed by atoms with Gasteiger partial charge in [0.05, 0.1) is 35.9 Å². The minimum absolute atomic E-state index is 0.0693. The lowest BCUT2D eigenvalue weighted by Gasteiger charge is -2.23. The molecule has 0 N–H and O–H groups in total. The Morgan fingerprint density at radius 3 is 1.61 bits per heavy atom. The van der Waals surface area contributed by atoms with E-state index >= 15 is 0 Å². The Hall–Kier alpha value is -3.61. The first-order valence-electron chi connectivity index (χ1n) is 9.08. The van der Waals surface area contributed by atoms with Gasteiger partial charge in [-0.25, -0.2) is 9.97 Å². The van der Waals surface area contributed by atoms with Crippen LogP contribution >= 0.6 is 0 Å². The van der Waals surface area contributed by atoms with Gasteiger partial charge in [0, 0.05) is 50.3 Å². The molecule has 0 amide bonds. The summed E-state index contributed by atoms with van der Waals surface area (Å²) in [5.41, 5.74) is 1.49. The van der Waals surface area contributed by atoms with Gasteiger partial charge in [-0.15, -0.1) is 0 Å². The van der Waals surface area contributed by atoms with Gasteiger partial charge < -0.3 is 9.13 Å². The number of aromatic nitrogens is 6. The summed E-state index contributed by atoms with van der Waals surface area (Å²) in [4.78, 5) is 30.9. The highest BCUT2D eigenvalue weighted by atomic mass is 16.1. The molecule has 0 saturated carbocycles. The maximum atomic E-state index is 13.7. The second-order valence-electron chi connectivity index (χ2n) is 6.54. The molecule has 2 atom stereocenters. The molecule has 0 aliphatic heterocycles. The number of carbonyl (C=O) groups excluding carboxylic acids is 1. The lowest BCUT2D eigenvalue weighted by molar-refractivity contribution is -0.122. The molecule has 4 rings (SSSR count). The van der Waals surface area contributed by atoms with Crippen LogP contribution < -0.4 is 0 Å². The third-order valence-electron chi connectivity index (χ3n) is 4.68. The van der Waals surface area contributed by atoms with Crippen LogP contribution in [0.2, 0.25) is 0 Å². The van der Waals surface area contributed by atoms with Gasteiger partial charge >= 0.3 is 0 Å². The maximum absolute atomic E-state index is 13.7. The van der Waals surface area contributed by atoms with E-state index in [1.54, 1.807) is 37.4 Å². The summed E-state index contributed by atoms with van der Waals surface area (Å²) in [6, 6.07) is 11.3. The molecule has 7 heteroatoms. The Bertz CT molecular complexity index is 902. The fourth-order valence-electron chi connectivity index (χ4n) is 3.28. The minimum atomic E-state index is -0.411. The highest BCUT2D eigenvalue weighted by Gasteiger charge is 2.31. The summed E-state index contributed by atoms with van der Waals surface area (Å²) in [5, 5.41) is 0. The van der Waals surface area contributed by atoms with E-state index in [2.05, 4.69) is 19.9 Å². The van der Waals surface area contributed by atoms with Crippen LogP contribution in [0.3, 0.4) is 0 Å². The molecule has 0 aliphatic rings. The van der Waals surface area contributed by atoms with Gasteiger partial charge in [-0.1, -0.05) is 12.1 Å². The Morgan fingerprint density at radius 2 is 1.25 bits per heavy atom. The van der Waals surface area contributed by atoms with Gasteiger partial charge in [0.2, 0.25) is 0 Å². The van der Waals surface area contributed by atoms with Crippen molar-refractivity contribution in [1.29, 1.82) is 0 Å².